The lowest BCUT2D eigenvalue weighted by Crippen LogP contribution is -2.39. The van der Waals surface area contributed by atoms with Crippen LogP contribution in [0.1, 0.15) is 18.5 Å². The van der Waals surface area contributed by atoms with Crippen molar-refractivity contribution in [1.29, 1.82) is 0 Å². The highest BCUT2D eigenvalue weighted by Gasteiger charge is 2.18. The number of nitrogens with one attached hydrogen (secondary N) is 2. The maximum atomic E-state index is 12.4. The third kappa shape index (κ3) is 5.65. The normalized spacial score (nSPS) is 13.2. The summed E-state index contributed by atoms with van der Waals surface area (Å²) in [6, 6.07) is 13.0. The molecule has 0 saturated carbocycles. The van der Waals surface area contributed by atoms with E-state index in [9.17, 15) is 9.59 Å². The molecule has 0 spiro atoms. The fourth-order valence-electron chi connectivity index (χ4n) is 3.04. The van der Waals surface area contributed by atoms with Gasteiger partial charge in [0.1, 0.15) is 0 Å². The summed E-state index contributed by atoms with van der Waals surface area (Å²) < 4.78 is 10.7. The zero-order chi connectivity index (χ0) is 20.8. The van der Waals surface area contributed by atoms with E-state index in [2.05, 4.69) is 10.6 Å². The standard InChI is InChI=1S/C21H25N3O4S/c1-14(15-8-9-17-18(10-15)28-13-27-17)22-20(25)11-24(2)12-21(26)23-16-6-4-5-7-19(16)29-3/h4-10,14H,11-13H2,1-3H3,(H,22,25)(H,23,26)/t14-/m0/s1. The van der Waals surface area contributed by atoms with Crippen LogP contribution in [0.15, 0.2) is 47.4 Å². The maximum absolute atomic E-state index is 12.4. The molecule has 2 N–H and O–H groups in total. The summed E-state index contributed by atoms with van der Waals surface area (Å²) in [5, 5.41) is 5.84. The molecule has 0 saturated heterocycles. The number of anilines is 1. The van der Waals surface area contributed by atoms with Gasteiger partial charge in [-0.05, 0) is 50.1 Å². The van der Waals surface area contributed by atoms with Crippen molar-refractivity contribution in [2.45, 2.75) is 17.9 Å². The first-order valence-corrected chi connectivity index (χ1v) is 10.5. The average Bonchev–Trinajstić information content (AvgIpc) is 3.15. The Labute approximate surface area is 174 Å². The van der Waals surface area contributed by atoms with Gasteiger partial charge in [0.2, 0.25) is 18.6 Å². The minimum atomic E-state index is -0.187. The molecule has 2 amide bonds. The Morgan fingerprint density at radius 2 is 1.83 bits per heavy atom. The first kappa shape index (κ1) is 21.0. The second-order valence-corrected chi connectivity index (χ2v) is 7.67. The lowest BCUT2D eigenvalue weighted by molar-refractivity contribution is -0.123. The number of amides is 2. The van der Waals surface area contributed by atoms with E-state index >= 15 is 0 Å². The third-order valence-electron chi connectivity index (χ3n) is 4.48. The summed E-state index contributed by atoms with van der Waals surface area (Å²) in [7, 11) is 1.74. The molecule has 0 fully saturated rings. The van der Waals surface area contributed by atoms with Gasteiger partial charge in [0.05, 0.1) is 24.8 Å². The van der Waals surface area contributed by atoms with Gasteiger partial charge in [0.25, 0.3) is 0 Å². The lowest BCUT2D eigenvalue weighted by Gasteiger charge is -2.19. The van der Waals surface area contributed by atoms with Crippen molar-refractivity contribution < 1.29 is 19.1 Å². The first-order chi connectivity index (χ1) is 14.0. The summed E-state index contributed by atoms with van der Waals surface area (Å²) in [4.78, 5) is 27.4. The molecule has 2 aromatic carbocycles. The molecule has 0 unspecified atom stereocenters. The fourth-order valence-corrected chi connectivity index (χ4v) is 3.59. The minimum Gasteiger partial charge on any atom is -0.454 e. The smallest absolute Gasteiger partial charge is 0.238 e. The molecule has 3 rings (SSSR count). The van der Waals surface area contributed by atoms with Crippen molar-refractivity contribution in [2.75, 3.05) is 38.5 Å². The zero-order valence-corrected chi connectivity index (χ0v) is 17.5. The number of carbonyl (C=O) groups is 2. The average molecular weight is 416 g/mol. The molecule has 1 aliphatic rings. The van der Waals surface area contributed by atoms with E-state index in [4.69, 9.17) is 9.47 Å². The first-order valence-electron chi connectivity index (χ1n) is 9.26. The number of rotatable bonds is 8. The molecule has 154 valence electrons. The van der Waals surface area contributed by atoms with Gasteiger partial charge in [-0.25, -0.2) is 0 Å². The molecule has 1 atom stereocenters. The monoisotopic (exact) mass is 415 g/mol. The molecular formula is C21H25N3O4S. The van der Waals surface area contributed by atoms with Crippen molar-refractivity contribution >= 4 is 29.3 Å². The molecule has 0 aliphatic carbocycles. The predicted molar refractivity (Wildman–Crippen MR) is 113 cm³/mol. The highest BCUT2D eigenvalue weighted by Crippen LogP contribution is 2.34. The van der Waals surface area contributed by atoms with Crippen molar-refractivity contribution in [2.24, 2.45) is 0 Å². The van der Waals surface area contributed by atoms with Crippen LogP contribution in [-0.2, 0) is 9.59 Å². The van der Waals surface area contributed by atoms with Crippen LogP contribution in [0, 0.1) is 0 Å². The molecule has 0 aromatic heterocycles. The van der Waals surface area contributed by atoms with Crippen molar-refractivity contribution in [3.63, 3.8) is 0 Å². The Hall–Kier alpha value is -2.71. The van der Waals surface area contributed by atoms with Crippen LogP contribution >= 0.6 is 11.8 Å². The molecule has 0 radical (unpaired) electrons. The third-order valence-corrected chi connectivity index (χ3v) is 5.28. The summed E-state index contributed by atoms with van der Waals surface area (Å²) in [5.74, 6) is 1.07. The van der Waals surface area contributed by atoms with Crippen LogP contribution in [0.2, 0.25) is 0 Å². The summed E-state index contributed by atoms with van der Waals surface area (Å²) in [5.41, 5.74) is 1.70. The predicted octanol–water partition coefficient (Wildman–Crippen LogP) is 2.88. The van der Waals surface area contributed by atoms with Crippen LogP contribution in [-0.4, -0.2) is 49.9 Å². The molecule has 0 bridgehead atoms. The van der Waals surface area contributed by atoms with E-state index in [-0.39, 0.29) is 37.7 Å². The summed E-state index contributed by atoms with van der Waals surface area (Å²) in [6.45, 7) is 2.36. The molecule has 1 heterocycles. The number of benzene rings is 2. The highest BCUT2D eigenvalue weighted by atomic mass is 32.2. The topological polar surface area (TPSA) is 79.9 Å². The van der Waals surface area contributed by atoms with Gasteiger partial charge in [0, 0.05) is 4.90 Å². The van der Waals surface area contributed by atoms with Crippen molar-refractivity contribution in [3.8, 4) is 11.5 Å². The number of fused-ring (bicyclic) bond motifs is 1. The van der Waals surface area contributed by atoms with Crippen LogP contribution in [0.5, 0.6) is 11.5 Å². The SMILES string of the molecule is CSc1ccccc1NC(=O)CN(C)CC(=O)N[C@@H](C)c1ccc2c(c1)OCO2. The Bertz CT molecular complexity index is 890. The minimum absolute atomic E-state index is 0.118. The Morgan fingerprint density at radius 1 is 1.10 bits per heavy atom. The van der Waals surface area contributed by atoms with E-state index in [0.717, 1.165) is 16.1 Å². The summed E-state index contributed by atoms with van der Waals surface area (Å²) in [6.07, 6.45) is 1.96. The number of nitrogens with zero attached hydrogens (tertiary/aromatic N) is 1. The van der Waals surface area contributed by atoms with Crippen LogP contribution < -0.4 is 20.1 Å². The van der Waals surface area contributed by atoms with Crippen molar-refractivity contribution in [3.05, 3.63) is 48.0 Å². The zero-order valence-electron chi connectivity index (χ0n) is 16.7. The Kier molecular flexibility index (Phi) is 7.00. The number of carbonyl (C=O) groups excluding carboxylic acids is 2. The van der Waals surface area contributed by atoms with E-state index in [1.807, 2.05) is 55.6 Å². The summed E-state index contributed by atoms with van der Waals surface area (Å²) >= 11 is 1.57. The fraction of sp³-hybridized carbons (Fsp3) is 0.333. The number of likely N-dealkylation sites (N-methyl/N-ethyl adjacent to an activating group) is 1. The number of thioether (sulfide) groups is 1. The van der Waals surface area contributed by atoms with Gasteiger partial charge in [-0.1, -0.05) is 18.2 Å². The van der Waals surface area contributed by atoms with Crippen molar-refractivity contribution in [1.82, 2.24) is 10.2 Å². The molecule has 29 heavy (non-hydrogen) atoms. The molecule has 2 aromatic rings. The van der Waals surface area contributed by atoms with Gasteiger partial charge >= 0.3 is 0 Å². The Balaban J connectivity index is 1.48. The largest absolute Gasteiger partial charge is 0.454 e. The van der Waals surface area contributed by atoms with Gasteiger partial charge < -0.3 is 20.1 Å². The maximum Gasteiger partial charge on any atom is 0.238 e. The second kappa shape index (κ2) is 9.67. The Morgan fingerprint density at radius 3 is 2.62 bits per heavy atom. The highest BCUT2D eigenvalue weighted by molar-refractivity contribution is 7.98. The molecule has 1 aliphatic heterocycles. The van der Waals surface area contributed by atoms with Gasteiger partial charge in [0.15, 0.2) is 11.5 Å². The van der Waals surface area contributed by atoms with Crippen LogP contribution in [0.25, 0.3) is 0 Å². The van der Waals surface area contributed by atoms with E-state index in [1.54, 1.807) is 23.7 Å². The number of hydrogen-bond donors (Lipinski definition) is 2. The van der Waals surface area contributed by atoms with Gasteiger partial charge in [-0.2, -0.15) is 0 Å². The van der Waals surface area contributed by atoms with E-state index in [0.29, 0.717) is 11.5 Å². The number of hydrogen-bond acceptors (Lipinski definition) is 6. The second-order valence-electron chi connectivity index (χ2n) is 6.82. The number of para-hydroxylation sites is 1. The molecular weight excluding hydrogens is 390 g/mol. The molecule has 8 heteroatoms. The van der Waals surface area contributed by atoms with E-state index in [1.165, 1.54) is 0 Å². The molecule has 7 nitrogen and oxygen atoms in total. The van der Waals surface area contributed by atoms with Crippen LogP contribution in [0.4, 0.5) is 5.69 Å². The van der Waals surface area contributed by atoms with Crippen LogP contribution in [0.3, 0.4) is 0 Å². The number of ether oxygens (including phenoxy) is 2. The quantitative estimate of drug-likeness (QED) is 0.646. The van der Waals surface area contributed by atoms with Gasteiger partial charge in [-0.3, -0.25) is 14.5 Å². The lowest BCUT2D eigenvalue weighted by atomic mass is 10.1. The van der Waals surface area contributed by atoms with Gasteiger partial charge in [-0.15, -0.1) is 11.8 Å². The van der Waals surface area contributed by atoms with E-state index < -0.39 is 0 Å².